The fourth-order valence-electron chi connectivity index (χ4n) is 3.75. The molecule has 3 rings (SSSR count). The topological polar surface area (TPSA) is 73.6 Å². The third-order valence-corrected chi connectivity index (χ3v) is 5.23. The number of benzene rings is 2. The molecule has 2 aromatic carbocycles. The van der Waals surface area contributed by atoms with Crippen LogP contribution in [0.2, 0.25) is 0 Å². The summed E-state index contributed by atoms with van der Waals surface area (Å²) in [6, 6.07) is 13.4. The van der Waals surface area contributed by atoms with Gasteiger partial charge in [0.1, 0.15) is 5.75 Å². The van der Waals surface area contributed by atoms with Crippen molar-refractivity contribution < 1.29 is 14.6 Å². The third-order valence-electron chi connectivity index (χ3n) is 5.23. The summed E-state index contributed by atoms with van der Waals surface area (Å²) < 4.78 is 5.86. The smallest absolute Gasteiger partial charge is 0.307 e. The molecule has 142 valence electrons. The fourth-order valence-corrected chi connectivity index (χ4v) is 3.75. The van der Waals surface area contributed by atoms with Gasteiger partial charge in [-0.25, -0.2) is 0 Å². The molecule has 0 saturated heterocycles. The van der Waals surface area contributed by atoms with Crippen molar-refractivity contribution in [1.29, 1.82) is 5.41 Å². The number of nitrogens with one attached hydrogen (secondary N) is 1. The molecule has 1 aliphatic rings. The van der Waals surface area contributed by atoms with Crippen molar-refractivity contribution >= 4 is 11.9 Å². The molecule has 0 aromatic heterocycles. The highest BCUT2D eigenvalue weighted by atomic mass is 16.5. The van der Waals surface area contributed by atoms with Crippen LogP contribution in [0.3, 0.4) is 0 Å². The number of ether oxygens (including phenoxy) is 1. The number of rotatable bonds is 7. The van der Waals surface area contributed by atoms with Crippen LogP contribution in [0, 0.1) is 5.41 Å². The largest absolute Gasteiger partial charge is 0.481 e. The van der Waals surface area contributed by atoms with E-state index in [9.17, 15) is 4.79 Å². The van der Waals surface area contributed by atoms with Crippen molar-refractivity contribution in [3.63, 3.8) is 0 Å². The van der Waals surface area contributed by atoms with Gasteiger partial charge in [-0.15, -0.1) is 0 Å². The maximum absolute atomic E-state index is 11.2. The Hall–Kier alpha value is -2.66. The maximum atomic E-state index is 11.2. The quantitative estimate of drug-likeness (QED) is 0.779. The van der Waals surface area contributed by atoms with E-state index < -0.39 is 5.97 Å². The molecular weight excluding hydrogens is 340 g/mol. The van der Waals surface area contributed by atoms with E-state index in [0.29, 0.717) is 5.75 Å². The van der Waals surface area contributed by atoms with Crippen LogP contribution < -0.4 is 4.74 Å². The minimum Gasteiger partial charge on any atom is -0.481 e. The second-order valence-electron chi connectivity index (χ2n) is 6.83. The molecule has 5 nitrogen and oxygen atoms in total. The number of carboxylic acids is 1. The van der Waals surface area contributed by atoms with E-state index in [1.54, 1.807) is 12.1 Å². The van der Waals surface area contributed by atoms with Gasteiger partial charge < -0.3 is 14.7 Å². The standard InChI is InChI=1S/C22H26N2O3/c1-3-24(4-2)12-11-17-16-7-5-6-8-18(16)22(23)27-20-10-9-15(13-19(17)20)14-21(25)26/h5-10,13,17,23H,3-4,11-12,14H2,1-2H3,(H,25,26). The molecule has 2 aromatic rings. The lowest BCUT2D eigenvalue weighted by Gasteiger charge is -2.24. The van der Waals surface area contributed by atoms with Gasteiger partial charge in [0.05, 0.1) is 6.42 Å². The van der Waals surface area contributed by atoms with E-state index in [0.717, 1.165) is 48.3 Å². The Morgan fingerprint density at radius 3 is 2.59 bits per heavy atom. The van der Waals surface area contributed by atoms with E-state index in [-0.39, 0.29) is 18.2 Å². The van der Waals surface area contributed by atoms with Crippen LogP contribution in [0.1, 0.15) is 48.4 Å². The lowest BCUT2D eigenvalue weighted by atomic mass is 9.85. The van der Waals surface area contributed by atoms with Crippen molar-refractivity contribution in [2.75, 3.05) is 19.6 Å². The van der Waals surface area contributed by atoms with Gasteiger partial charge in [0.2, 0.25) is 5.90 Å². The molecular formula is C22H26N2O3. The summed E-state index contributed by atoms with van der Waals surface area (Å²) >= 11 is 0. The van der Waals surface area contributed by atoms with Crippen LogP contribution in [-0.2, 0) is 11.2 Å². The van der Waals surface area contributed by atoms with Gasteiger partial charge in [-0.3, -0.25) is 10.2 Å². The average molecular weight is 366 g/mol. The molecule has 0 amide bonds. The fraction of sp³-hybridized carbons (Fsp3) is 0.364. The minimum absolute atomic E-state index is 0.0187. The molecule has 0 spiro atoms. The zero-order valence-electron chi connectivity index (χ0n) is 15.9. The van der Waals surface area contributed by atoms with Gasteiger partial charge in [0, 0.05) is 17.0 Å². The zero-order chi connectivity index (χ0) is 19.4. The highest BCUT2D eigenvalue weighted by Gasteiger charge is 2.28. The number of carbonyl (C=O) groups is 1. The van der Waals surface area contributed by atoms with E-state index in [4.69, 9.17) is 15.3 Å². The average Bonchev–Trinajstić information content (AvgIpc) is 2.77. The Labute approximate surface area is 160 Å². The summed E-state index contributed by atoms with van der Waals surface area (Å²) in [6.07, 6.45) is 0.869. The van der Waals surface area contributed by atoms with Crippen molar-refractivity contribution in [2.24, 2.45) is 0 Å². The summed E-state index contributed by atoms with van der Waals surface area (Å²) in [5, 5.41) is 17.5. The van der Waals surface area contributed by atoms with Crippen LogP contribution >= 0.6 is 0 Å². The molecule has 27 heavy (non-hydrogen) atoms. The first kappa shape index (κ1) is 19.1. The lowest BCUT2D eigenvalue weighted by Crippen LogP contribution is -2.25. The number of hydrogen-bond donors (Lipinski definition) is 2. The lowest BCUT2D eigenvalue weighted by molar-refractivity contribution is -0.136. The minimum atomic E-state index is -0.850. The van der Waals surface area contributed by atoms with E-state index in [1.165, 1.54) is 0 Å². The van der Waals surface area contributed by atoms with Crippen molar-refractivity contribution in [2.45, 2.75) is 32.6 Å². The Bertz CT molecular complexity index is 843. The first-order chi connectivity index (χ1) is 13.0. The number of hydrogen-bond acceptors (Lipinski definition) is 4. The number of fused-ring (bicyclic) bond motifs is 2. The Balaban J connectivity index is 2.06. The molecule has 1 unspecified atom stereocenters. The second kappa shape index (κ2) is 8.35. The molecule has 2 N–H and O–H groups in total. The van der Waals surface area contributed by atoms with Crippen LogP contribution in [0.25, 0.3) is 0 Å². The molecule has 0 fully saturated rings. The van der Waals surface area contributed by atoms with Crippen LogP contribution in [0.15, 0.2) is 42.5 Å². The monoisotopic (exact) mass is 366 g/mol. The number of carboxylic acid groups (broad SMARTS) is 1. The van der Waals surface area contributed by atoms with Crippen molar-refractivity contribution in [1.82, 2.24) is 4.90 Å². The summed E-state index contributed by atoms with van der Waals surface area (Å²) in [5.74, 6) is 0.00350. The van der Waals surface area contributed by atoms with Gasteiger partial charge in [-0.05, 0) is 49.3 Å². The maximum Gasteiger partial charge on any atom is 0.307 e. The summed E-state index contributed by atoms with van der Waals surface area (Å²) in [4.78, 5) is 13.5. The molecule has 0 saturated carbocycles. The van der Waals surface area contributed by atoms with E-state index in [2.05, 4.69) is 24.8 Å². The van der Waals surface area contributed by atoms with Crippen LogP contribution in [0.4, 0.5) is 0 Å². The van der Waals surface area contributed by atoms with Gasteiger partial charge in [0.15, 0.2) is 0 Å². The first-order valence-corrected chi connectivity index (χ1v) is 9.46. The third kappa shape index (κ3) is 4.19. The van der Waals surface area contributed by atoms with Crippen molar-refractivity contribution in [3.05, 3.63) is 64.7 Å². The highest BCUT2D eigenvalue weighted by molar-refractivity contribution is 5.96. The molecule has 0 aliphatic carbocycles. The normalized spacial score (nSPS) is 15.7. The Morgan fingerprint density at radius 2 is 1.89 bits per heavy atom. The molecule has 0 bridgehead atoms. The molecule has 1 atom stereocenters. The van der Waals surface area contributed by atoms with Crippen LogP contribution in [-0.4, -0.2) is 41.5 Å². The number of aliphatic carboxylic acids is 1. The highest BCUT2D eigenvalue weighted by Crippen LogP contribution is 2.40. The van der Waals surface area contributed by atoms with Gasteiger partial charge >= 0.3 is 5.97 Å². The van der Waals surface area contributed by atoms with E-state index >= 15 is 0 Å². The molecule has 1 heterocycles. The van der Waals surface area contributed by atoms with Gasteiger partial charge in [-0.1, -0.05) is 44.2 Å². The Kier molecular flexibility index (Phi) is 5.91. The Morgan fingerprint density at radius 1 is 1.15 bits per heavy atom. The van der Waals surface area contributed by atoms with E-state index in [1.807, 2.05) is 24.3 Å². The predicted octanol–water partition coefficient (Wildman–Crippen LogP) is 3.90. The first-order valence-electron chi connectivity index (χ1n) is 9.46. The SMILES string of the molecule is CCN(CC)CCC1c2cc(CC(=O)O)ccc2OC(=N)c2ccccc21. The second-order valence-corrected chi connectivity index (χ2v) is 6.83. The summed E-state index contributed by atoms with van der Waals surface area (Å²) in [7, 11) is 0. The zero-order valence-corrected chi connectivity index (χ0v) is 15.9. The molecule has 1 aliphatic heterocycles. The van der Waals surface area contributed by atoms with Gasteiger partial charge in [-0.2, -0.15) is 0 Å². The van der Waals surface area contributed by atoms with Crippen molar-refractivity contribution in [3.8, 4) is 5.75 Å². The predicted molar refractivity (Wildman–Crippen MR) is 106 cm³/mol. The number of nitrogens with zero attached hydrogens (tertiary/aromatic N) is 1. The molecule has 5 heteroatoms. The van der Waals surface area contributed by atoms with Crippen LogP contribution in [0.5, 0.6) is 5.75 Å². The molecule has 0 radical (unpaired) electrons. The summed E-state index contributed by atoms with van der Waals surface area (Å²) in [5.41, 5.74) is 3.60. The van der Waals surface area contributed by atoms with Gasteiger partial charge in [0.25, 0.3) is 0 Å². The summed E-state index contributed by atoms with van der Waals surface area (Å²) in [6.45, 7) is 7.22.